The molecule has 5 nitrogen and oxygen atoms in total. The number of pyridine rings is 1. The number of imidazole rings is 1. The first kappa shape index (κ1) is 22.4. The van der Waals surface area contributed by atoms with Gasteiger partial charge in [-0.1, -0.05) is 41.9 Å². The number of benzene rings is 2. The Hall–Kier alpha value is -3.38. The average Bonchev–Trinajstić information content (AvgIpc) is 3.28. The summed E-state index contributed by atoms with van der Waals surface area (Å²) in [5.41, 5.74) is 4.18. The van der Waals surface area contributed by atoms with Crippen LogP contribution >= 0.6 is 11.6 Å². The first-order valence-corrected chi connectivity index (χ1v) is 11.8. The van der Waals surface area contributed by atoms with Gasteiger partial charge in [0.2, 0.25) is 5.91 Å². The largest absolute Gasteiger partial charge is 0.368 e. The Morgan fingerprint density at radius 2 is 1.79 bits per heavy atom. The maximum absolute atomic E-state index is 14.9. The predicted octanol–water partition coefficient (Wildman–Crippen LogP) is 5.31. The molecule has 1 unspecified atom stereocenters. The van der Waals surface area contributed by atoms with E-state index in [-0.39, 0.29) is 18.1 Å². The van der Waals surface area contributed by atoms with E-state index >= 15 is 0 Å². The van der Waals surface area contributed by atoms with Crippen LogP contribution in [0.2, 0.25) is 5.02 Å². The Labute approximate surface area is 203 Å². The van der Waals surface area contributed by atoms with Crippen LogP contribution in [0.3, 0.4) is 0 Å². The Morgan fingerprint density at radius 1 is 1.03 bits per heavy atom. The number of aryl methyl sites for hydroxylation is 1. The van der Waals surface area contributed by atoms with E-state index in [1.807, 2.05) is 64.8 Å². The number of carbonyl (C=O) groups is 1. The quantitative estimate of drug-likeness (QED) is 0.392. The van der Waals surface area contributed by atoms with Crippen molar-refractivity contribution in [1.29, 1.82) is 0 Å². The molecule has 4 aromatic rings. The SMILES string of the molecule is Cc1cccc2ncc(C(CC(=O)N3CCN(c4cccc(Cl)c4)CC3)c3ccccc3F)n12. The lowest BCUT2D eigenvalue weighted by Crippen LogP contribution is -2.49. The lowest BCUT2D eigenvalue weighted by atomic mass is 9.91. The van der Waals surface area contributed by atoms with Gasteiger partial charge in [-0.05, 0) is 48.9 Å². The molecule has 1 saturated heterocycles. The molecule has 0 aliphatic carbocycles. The summed E-state index contributed by atoms with van der Waals surface area (Å²) in [4.78, 5) is 22.1. The number of carbonyl (C=O) groups excluding carboxylic acids is 1. The number of rotatable bonds is 5. The fourth-order valence-electron chi connectivity index (χ4n) is 4.80. The maximum atomic E-state index is 14.9. The molecule has 0 saturated carbocycles. The molecule has 0 spiro atoms. The summed E-state index contributed by atoms with van der Waals surface area (Å²) in [6.07, 6.45) is 1.95. The number of nitrogens with zero attached hydrogens (tertiary/aromatic N) is 4. The van der Waals surface area contributed by atoms with Gasteiger partial charge < -0.3 is 14.2 Å². The van der Waals surface area contributed by atoms with Gasteiger partial charge in [-0.3, -0.25) is 4.79 Å². The van der Waals surface area contributed by atoms with Gasteiger partial charge in [0, 0.05) is 61.1 Å². The summed E-state index contributed by atoms with van der Waals surface area (Å²) < 4.78 is 16.9. The minimum Gasteiger partial charge on any atom is -0.368 e. The molecule has 3 heterocycles. The van der Waals surface area contributed by atoms with Crippen LogP contribution in [0, 0.1) is 12.7 Å². The second kappa shape index (κ2) is 9.47. The van der Waals surface area contributed by atoms with Crippen LogP contribution in [0.1, 0.15) is 29.3 Å². The highest BCUT2D eigenvalue weighted by molar-refractivity contribution is 6.30. The van der Waals surface area contributed by atoms with Crippen LogP contribution in [0.4, 0.5) is 10.1 Å². The van der Waals surface area contributed by atoms with Gasteiger partial charge in [0.05, 0.1) is 5.69 Å². The standard InChI is InChI=1S/C27H26ClFN4O/c1-19-6-4-11-26-30-18-25(33(19)26)23(22-9-2-3-10-24(22)29)17-27(34)32-14-12-31(13-15-32)21-8-5-7-20(28)16-21/h2-11,16,18,23H,12-15,17H2,1H3. The number of hydrogen-bond donors (Lipinski definition) is 0. The van der Waals surface area contributed by atoms with E-state index in [9.17, 15) is 9.18 Å². The van der Waals surface area contributed by atoms with Gasteiger partial charge in [0.15, 0.2) is 0 Å². The normalized spacial score (nSPS) is 15.0. The first-order valence-electron chi connectivity index (χ1n) is 11.5. The van der Waals surface area contributed by atoms with Gasteiger partial charge in [0.1, 0.15) is 11.5 Å². The minimum absolute atomic E-state index is 0.0162. The predicted molar refractivity (Wildman–Crippen MR) is 133 cm³/mol. The molecule has 1 amide bonds. The molecule has 0 bridgehead atoms. The van der Waals surface area contributed by atoms with Crippen molar-refractivity contribution in [2.75, 3.05) is 31.1 Å². The van der Waals surface area contributed by atoms with Crippen molar-refractivity contribution < 1.29 is 9.18 Å². The van der Waals surface area contributed by atoms with E-state index < -0.39 is 5.92 Å². The molecule has 1 atom stereocenters. The third kappa shape index (κ3) is 4.38. The smallest absolute Gasteiger partial charge is 0.223 e. The second-order valence-electron chi connectivity index (χ2n) is 8.67. The van der Waals surface area contributed by atoms with Crippen molar-refractivity contribution in [3.63, 3.8) is 0 Å². The molecule has 2 aromatic heterocycles. The summed E-state index contributed by atoms with van der Waals surface area (Å²) in [5, 5.41) is 0.701. The highest BCUT2D eigenvalue weighted by Crippen LogP contribution is 2.32. The van der Waals surface area contributed by atoms with Crippen molar-refractivity contribution in [2.24, 2.45) is 0 Å². The highest BCUT2D eigenvalue weighted by atomic mass is 35.5. The van der Waals surface area contributed by atoms with Gasteiger partial charge in [0.25, 0.3) is 0 Å². The molecule has 174 valence electrons. The lowest BCUT2D eigenvalue weighted by Gasteiger charge is -2.36. The lowest BCUT2D eigenvalue weighted by molar-refractivity contribution is -0.131. The molecule has 2 aromatic carbocycles. The molecule has 34 heavy (non-hydrogen) atoms. The Balaban J connectivity index is 1.39. The maximum Gasteiger partial charge on any atom is 0.223 e. The number of halogens is 2. The van der Waals surface area contributed by atoms with Crippen molar-refractivity contribution in [1.82, 2.24) is 14.3 Å². The summed E-state index contributed by atoms with van der Waals surface area (Å²) >= 11 is 6.14. The Bertz CT molecular complexity index is 1330. The van der Waals surface area contributed by atoms with E-state index in [2.05, 4.69) is 9.88 Å². The minimum atomic E-state index is -0.434. The third-order valence-corrected chi connectivity index (χ3v) is 6.81. The molecule has 5 rings (SSSR count). The molecular formula is C27H26ClFN4O. The van der Waals surface area contributed by atoms with E-state index in [0.717, 1.165) is 35.8 Å². The zero-order valence-electron chi connectivity index (χ0n) is 19.0. The molecule has 1 aliphatic heterocycles. The number of amides is 1. The zero-order chi connectivity index (χ0) is 23.7. The number of anilines is 1. The van der Waals surface area contributed by atoms with E-state index in [0.29, 0.717) is 23.7 Å². The summed E-state index contributed by atoms with van der Waals surface area (Å²) in [5.74, 6) is -0.729. The van der Waals surface area contributed by atoms with E-state index in [1.54, 1.807) is 18.3 Å². The van der Waals surface area contributed by atoms with E-state index in [4.69, 9.17) is 11.6 Å². The summed E-state index contributed by atoms with van der Waals surface area (Å²) in [6.45, 7) is 4.67. The fourth-order valence-corrected chi connectivity index (χ4v) is 4.98. The summed E-state index contributed by atoms with van der Waals surface area (Å²) in [6, 6.07) is 20.3. The van der Waals surface area contributed by atoms with Crippen molar-refractivity contribution in [3.8, 4) is 0 Å². The number of fused-ring (bicyclic) bond motifs is 1. The van der Waals surface area contributed by atoms with Crippen molar-refractivity contribution >= 4 is 28.8 Å². The van der Waals surface area contributed by atoms with Crippen LogP contribution in [0.15, 0.2) is 72.9 Å². The van der Waals surface area contributed by atoms with E-state index in [1.165, 1.54) is 6.07 Å². The van der Waals surface area contributed by atoms with Crippen molar-refractivity contribution in [3.05, 3.63) is 101 Å². The molecule has 1 aliphatic rings. The van der Waals surface area contributed by atoms with Gasteiger partial charge >= 0.3 is 0 Å². The van der Waals surface area contributed by atoms with Gasteiger partial charge in [-0.15, -0.1) is 0 Å². The number of hydrogen-bond acceptors (Lipinski definition) is 3. The average molecular weight is 477 g/mol. The van der Waals surface area contributed by atoms with Gasteiger partial charge in [-0.2, -0.15) is 0 Å². The highest BCUT2D eigenvalue weighted by Gasteiger charge is 2.29. The van der Waals surface area contributed by atoms with Crippen LogP contribution in [0.5, 0.6) is 0 Å². The van der Waals surface area contributed by atoms with Crippen molar-refractivity contribution in [2.45, 2.75) is 19.3 Å². The third-order valence-electron chi connectivity index (χ3n) is 6.57. The topological polar surface area (TPSA) is 40.9 Å². The van der Waals surface area contributed by atoms with Crippen LogP contribution in [-0.4, -0.2) is 46.4 Å². The second-order valence-corrected chi connectivity index (χ2v) is 9.11. The molecule has 0 radical (unpaired) electrons. The number of piperazine rings is 1. The zero-order valence-corrected chi connectivity index (χ0v) is 19.8. The Kier molecular flexibility index (Phi) is 6.24. The van der Waals surface area contributed by atoms with Gasteiger partial charge in [-0.25, -0.2) is 9.37 Å². The molecule has 1 fully saturated rings. The molecule has 7 heteroatoms. The monoisotopic (exact) mass is 476 g/mol. The molecular weight excluding hydrogens is 451 g/mol. The number of aromatic nitrogens is 2. The fraction of sp³-hybridized carbons (Fsp3) is 0.259. The first-order chi connectivity index (χ1) is 16.5. The Morgan fingerprint density at radius 3 is 2.56 bits per heavy atom. The van der Waals surface area contributed by atoms with Crippen LogP contribution in [-0.2, 0) is 4.79 Å². The summed E-state index contributed by atoms with van der Waals surface area (Å²) in [7, 11) is 0. The van der Waals surface area contributed by atoms with Crippen LogP contribution < -0.4 is 4.90 Å². The molecule has 0 N–H and O–H groups in total. The van der Waals surface area contributed by atoms with Crippen LogP contribution in [0.25, 0.3) is 5.65 Å².